The molecule has 3 N–H and O–H groups in total. The Hall–Kier alpha value is -2.76. The maximum Gasteiger partial charge on any atom is 0.166 e. The molecule has 0 saturated heterocycles. The van der Waals surface area contributed by atoms with E-state index in [0.29, 0.717) is 11.4 Å². The number of hydrogen-bond donors (Lipinski definition) is 2. The van der Waals surface area contributed by atoms with Crippen LogP contribution in [0.1, 0.15) is 5.56 Å². The number of nitrogens with one attached hydrogen (secondary N) is 1. The van der Waals surface area contributed by atoms with E-state index in [1.165, 1.54) is 0 Å². The Morgan fingerprint density at radius 1 is 1.17 bits per heavy atom. The predicted molar refractivity (Wildman–Crippen MR) is 67.7 cm³/mol. The summed E-state index contributed by atoms with van der Waals surface area (Å²) in [6.45, 7) is 0. The van der Waals surface area contributed by atoms with Crippen LogP contribution in [0.4, 0.5) is 0 Å². The lowest BCUT2D eigenvalue weighted by Crippen LogP contribution is -2.16. The van der Waals surface area contributed by atoms with Crippen LogP contribution in [0.25, 0.3) is 16.9 Å². The number of nitrogens with zero attached hydrogens (tertiary/aromatic N) is 4. The molecule has 18 heavy (non-hydrogen) atoms. The number of fused-ring (bicyclic) bond motifs is 1. The molecule has 0 saturated carbocycles. The SMILES string of the molecule is N=C(N)c1cccnc1-n1nnc2ccccc21. The second kappa shape index (κ2) is 3.92. The molecule has 3 rings (SSSR count). The van der Waals surface area contributed by atoms with Gasteiger partial charge in [0.25, 0.3) is 0 Å². The first-order chi connectivity index (χ1) is 8.77. The fraction of sp³-hybridized carbons (Fsp3) is 0. The molecule has 0 aliphatic rings. The summed E-state index contributed by atoms with van der Waals surface area (Å²) in [6, 6.07) is 11.0. The van der Waals surface area contributed by atoms with Gasteiger partial charge in [0.15, 0.2) is 5.82 Å². The molecule has 0 atom stereocenters. The highest BCUT2D eigenvalue weighted by Crippen LogP contribution is 2.16. The minimum Gasteiger partial charge on any atom is -0.384 e. The molecule has 0 amide bonds. The Balaban J connectivity index is 2.30. The van der Waals surface area contributed by atoms with E-state index in [1.807, 2.05) is 24.3 Å². The zero-order valence-corrected chi connectivity index (χ0v) is 9.41. The minimum atomic E-state index is -0.0438. The first-order valence-electron chi connectivity index (χ1n) is 5.37. The molecule has 0 radical (unpaired) electrons. The molecule has 0 spiro atoms. The maximum absolute atomic E-state index is 7.56. The molecule has 6 heteroatoms. The van der Waals surface area contributed by atoms with Crippen LogP contribution in [0, 0.1) is 5.41 Å². The summed E-state index contributed by atoms with van der Waals surface area (Å²) in [7, 11) is 0. The molecule has 2 heterocycles. The van der Waals surface area contributed by atoms with Gasteiger partial charge in [-0.15, -0.1) is 5.10 Å². The number of aromatic nitrogens is 4. The Morgan fingerprint density at radius 2 is 2.00 bits per heavy atom. The van der Waals surface area contributed by atoms with Crippen LogP contribution in [0.3, 0.4) is 0 Å². The maximum atomic E-state index is 7.56. The number of nitrogens with two attached hydrogens (primary N) is 1. The summed E-state index contributed by atoms with van der Waals surface area (Å²) < 4.78 is 1.59. The number of amidine groups is 1. The predicted octanol–water partition coefficient (Wildman–Crippen LogP) is 1.10. The summed E-state index contributed by atoms with van der Waals surface area (Å²) in [5.41, 5.74) is 7.69. The molecule has 0 unspecified atom stereocenters. The highest BCUT2D eigenvalue weighted by atomic mass is 15.4. The molecule has 2 aromatic heterocycles. The van der Waals surface area contributed by atoms with Gasteiger partial charge in [0.05, 0.1) is 11.1 Å². The van der Waals surface area contributed by atoms with Crippen LogP contribution in [-0.4, -0.2) is 25.8 Å². The van der Waals surface area contributed by atoms with Crippen molar-refractivity contribution in [3.05, 3.63) is 48.2 Å². The van der Waals surface area contributed by atoms with E-state index in [-0.39, 0.29) is 5.84 Å². The summed E-state index contributed by atoms with van der Waals surface area (Å²) >= 11 is 0. The van der Waals surface area contributed by atoms with Crippen molar-refractivity contribution < 1.29 is 0 Å². The zero-order valence-electron chi connectivity index (χ0n) is 9.41. The fourth-order valence-electron chi connectivity index (χ4n) is 1.80. The first-order valence-corrected chi connectivity index (χ1v) is 5.37. The molecule has 1 aromatic carbocycles. The monoisotopic (exact) mass is 238 g/mol. The van der Waals surface area contributed by atoms with Crippen LogP contribution in [-0.2, 0) is 0 Å². The van der Waals surface area contributed by atoms with Crippen molar-refractivity contribution >= 4 is 16.9 Å². The number of para-hydroxylation sites is 1. The van der Waals surface area contributed by atoms with Crippen molar-refractivity contribution in [2.45, 2.75) is 0 Å². The molecule has 88 valence electrons. The molecule has 0 fully saturated rings. The second-order valence-electron chi connectivity index (χ2n) is 3.78. The third kappa shape index (κ3) is 1.51. The van der Waals surface area contributed by atoms with E-state index in [2.05, 4.69) is 15.3 Å². The summed E-state index contributed by atoms with van der Waals surface area (Å²) in [6.07, 6.45) is 1.64. The fourth-order valence-corrected chi connectivity index (χ4v) is 1.80. The van der Waals surface area contributed by atoms with Crippen molar-refractivity contribution in [2.24, 2.45) is 5.73 Å². The first kappa shape index (κ1) is 10.4. The van der Waals surface area contributed by atoms with Crippen molar-refractivity contribution in [3.8, 4) is 5.82 Å². The van der Waals surface area contributed by atoms with E-state index >= 15 is 0 Å². The third-order valence-electron chi connectivity index (χ3n) is 2.63. The molecular formula is C12H10N6. The van der Waals surface area contributed by atoms with Gasteiger partial charge >= 0.3 is 0 Å². The third-order valence-corrected chi connectivity index (χ3v) is 2.63. The average Bonchev–Trinajstić information content (AvgIpc) is 2.82. The Bertz CT molecular complexity index is 730. The number of pyridine rings is 1. The van der Waals surface area contributed by atoms with Crippen molar-refractivity contribution in [1.82, 2.24) is 20.0 Å². The molecular weight excluding hydrogens is 228 g/mol. The highest BCUT2D eigenvalue weighted by molar-refractivity contribution is 5.98. The van der Waals surface area contributed by atoms with E-state index < -0.39 is 0 Å². The van der Waals surface area contributed by atoms with Crippen molar-refractivity contribution in [1.29, 1.82) is 5.41 Å². The van der Waals surface area contributed by atoms with Crippen molar-refractivity contribution in [3.63, 3.8) is 0 Å². The van der Waals surface area contributed by atoms with Gasteiger partial charge in [-0.1, -0.05) is 17.3 Å². The summed E-state index contributed by atoms with van der Waals surface area (Å²) in [4.78, 5) is 4.23. The highest BCUT2D eigenvalue weighted by Gasteiger charge is 2.12. The van der Waals surface area contributed by atoms with Gasteiger partial charge in [0.1, 0.15) is 11.4 Å². The van der Waals surface area contributed by atoms with Gasteiger partial charge in [0, 0.05) is 6.20 Å². The number of rotatable bonds is 2. The zero-order chi connectivity index (χ0) is 12.5. The van der Waals surface area contributed by atoms with Gasteiger partial charge in [-0.05, 0) is 24.3 Å². The van der Waals surface area contributed by atoms with Crippen LogP contribution in [0.2, 0.25) is 0 Å². The second-order valence-corrected chi connectivity index (χ2v) is 3.78. The van der Waals surface area contributed by atoms with Gasteiger partial charge < -0.3 is 5.73 Å². The summed E-state index contributed by atoms with van der Waals surface area (Å²) in [5, 5.41) is 15.7. The normalized spacial score (nSPS) is 10.7. The number of hydrogen-bond acceptors (Lipinski definition) is 4. The van der Waals surface area contributed by atoms with Crippen LogP contribution >= 0.6 is 0 Å². The molecule has 3 aromatic rings. The van der Waals surface area contributed by atoms with Crippen molar-refractivity contribution in [2.75, 3.05) is 0 Å². The quantitative estimate of drug-likeness (QED) is 0.516. The van der Waals surface area contributed by atoms with Crippen LogP contribution in [0.5, 0.6) is 0 Å². The number of benzene rings is 1. The Labute approximate surface area is 103 Å². The molecule has 0 bridgehead atoms. The number of nitrogen functional groups attached to an aromatic ring is 1. The lowest BCUT2D eigenvalue weighted by molar-refractivity contribution is 0.799. The van der Waals surface area contributed by atoms with Gasteiger partial charge in [-0.3, -0.25) is 5.41 Å². The topological polar surface area (TPSA) is 93.5 Å². The molecule has 0 aliphatic heterocycles. The molecule has 0 aliphatic carbocycles. The Morgan fingerprint density at radius 3 is 2.83 bits per heavy atom. The standard InChI is InChI=1S/C12H10N6/c13-11(14)8-4-3-7-15-12(8)18-10-6-2-1-5-9(10)16-17-18/h1-7H,(H3,13,14). The lowest BCUT2D eigenvalue weighted by atomic mass is 10.2. The van der Waals surface area contributed by atoms with Gasteiger partial charge in [-0.2, -0.15) is 4.68 Å². The van der Waals surface area contributed by atoms with E-state index in [0.717, 1.165) is 11.0 Å². The van der Waals surface area contributed by atoms with E-state index in [9.17, 15) is 0 Å². The van der Waals surface area contributed by atoms with Gasteiger partial charge in [-0.25, -0.2) is 4.98 Å². The largest absolute Gasteiger partial charge is 0.384 e. The van der Waals surface area contributed by atoms with Crippen LogP contribution < -0.4 is 5.73 Å². The van der Waals surface area contributed by atoms with E-state index in [1.54, 1.807) is 23.0 Å². The smallest absolute Gasteiger partial charge is 0.166 e. The van der Waals surface area contributed by atoms with Crippen LogP contribution in [0.15, 0.2) is 42.6 Å². The lowest BCUT2D eigenvalue weighted by Gasteiger charge is -2.06. The molecule has 6 nitrogen and oxygen atoms in total. The average molecular weight is 238 g/mol. The minimum absolute atomic E-state index is 0.0438. The van der Waals surface area contributed by atoms with Gasteiger partial charge in [0.2, 0.25) is 0 Å². The van der Waals surface area contributed by atoms with E-state index in [4.69, 9.17) is 11.1 Å². The summed E-state index contributed by atoms with van der Waals surface area (Å²) in [5.74, 6) is 0.469. The Kier molecular flexibility index (Phi) is 2.26.